The van der Waals surface area contributed by atoms with E-state index in [0.717, 1.165) is 6.21 Å². The minimum Gasteiger partial charge on any atom is -0.494 e. The molecule has 140 valence electrons. The van der Waals surface area contributed by atoms with E-state index < -0.39 is 17.4 Å². The van der Waals surface area contributed by atoms with Crippen LogP contribution in [0.1, 0.15) is 28.6 Å². The van der Waals surface area contributed by atoms with Crippen LogP contribution in [0.25, 0.3) is 11.3 Å². The second-order valence-corrected chi connectivity index (χ2v) is 6.66. The van der Waals surface area contributed by atoms with E-state index in [0.29, 0.717) is 22.1 Å². The average Bonchev–Trinajstić information content (AvgIpc) is 3.20. The molecule has 0 aliphatic heterocycles. The molecule has 0 saturated heterocycles. The van der Waals surface area contributed by atoms with Crippen LogP contribution in [0.3, 0.4) is 0 Å². The highest BCUT2D eigenvalue weighted by Crippen LogP contribution is 2.38. The highest BCUT2D eigenvalue weighted by molar-refractivity contribution is 7.71. The first kappa shape index (κ1) is 18.8. The number of carbonyl (C=O) groups excluding carboxylic acids is 1. The van der Waals surface area contributed by atoms with Gasteiger partial charge in [0.2, 0.25) is 5.88 Å². The number of thiophene rings is 1. The zero-order chi connectivity index (χ0) is 19.6. The minimum atomic E-state index is -0.601. The van der Waals surface area contributed by atoms with Gasteiger partial charge in [0.15, 0.2) is 4.77 Å². The van der Waals surface area contributed by atoms with Gasteiger partial charge in [0.05, 0.1) is 6.61 Å². The number of H-pyrrole nitrogens is 2. The maximum absolute atomic E-state index is 12.4. The molecule has 0 amide bonds. The zero-order valence-electron chi connectivity index (χ0n) is 14.4. The number of esters is 1. The van der Waals surface area contributed by atoms with Crippen molar-refractivity contribution in [1.29, 1.82) is 0 Å². The number of aromatic amines is 2. The van der Waals surface area contributed by atoms with Gasteiger partial charge in [0.1, 0.15) is 27.6 Å². The lowest BCUT2D eigenvalue weighted by Crippen LogP contribution is -2.13. The number of carbonyl (C=O) groups is 1. The topological polar surface area (TPSA) is 121 Å². The van der Waals surface area contributed by atoms with Gasteiger partial charge < -0.3 is 19.2 Å². The molecule has 0 aromatic carbocycles. The molecular formula is C17H15N3O5S2. The molecule has 3 heterocycles. The molecule has 0 aliphatic rings. The van der Waals surface area contributed by atoms with Crippen LogP contribution in [0.4, 0.5) is 5.00 Å². The summed E-state index contributed by atoms with van der Waals surface area (Å²) >= 11 is 5.97. The molecule has 0 atom stereocenters. The fourth-order valence-electron chi connectivity index (χ4n) is 2.33. The van der Waals surface area contributed by atoms with Crippen LogP contribution in [-0.4, -0.2) is 33.9 Å². The van der Waals surface area contributed by atoms with Crippen LogP contribution < -0.4 is 5.56 Å². The molecule has 0 unspecified atom stereocenters. The molecule has 0 aliphatic carbocycles. The fraction of sp³-hybridized carbons (Fsp3) is 0.176. The first-order chi connectivity index (χ1) is 12.9. The number of aromatic nitrogens is 2. The van der Waals surface area contributed by atoms with E-state index in [1.807, 2.05) is 0 Å². The van der Waals surface area contributed by atoms with Crippen molar-refractivity contribution in [3.63, 3.8) is 0 Å². The Balaban J connectivity index is 2.08. The number of hydrogen-bond donors (Lipinski definition) is 3. The first-order valence-electron chi connectivity index (χ1n) is 7.85. The summed E-state index contributed by atoms with van der Waals surface area (Å²) in [5.41, 5.74) is 0.0647. The van der Waals surface area contributed by atoms with Gasteiger partial charge in [-0.1, -0.05) is 0 Å². The number of aromatic hydroxyl groups is 1. The van der Waals surface area contributed by atoms with Crippen molar-refractivity contribution in [3.05, 3.63) is 49.5 Å². The molecule has 0 spiro atoms. The van der Waals surface area contributed by atoms with Gasteiger partial charge in [0, 0.05) is 17.2 Å². The summed E-state index contributed by atoms with van der Waals surface area (Å²) in [4.78, 5) is 33.4. The maximum Gasteiger partial charge on any atom is 0.341 e. The maximum atomic E-state index is 12.4. The standard InChI is InChI=1S/C17H15N3O5S2/c1-3-24-16(23)12-10(11-5-4-8(2)25-11)7-27-15(12)18-6-9-13(21)19-17(26)20-14(9)22/h4-7H,3H2,1-2H3,(H3,19,20,21,22,26). The lowest BCUT2D eigenvalue weighted by Gasteiger charge is -2.04. The Hall–Kier alpha value is -2.98. The normalized spacial score (nSPS) is 11.2. The van der Waals surface area contributed by atoms with Crippen molar-refractivity contribution < 1.29 is 19.1 Å². The molecule has 0 bridgehead atoms. The molecule has 0 radical (unpaired) electrons. The van der Waals surface area contributed by atoms with Gasteiger partial charge in [-0.2, -0.15) is 0 Å². The number of aliphatic imine (C=N–C) groups is 1. The highest BCUT2D eigenvalue weighted by atomic mass is 32.1. The minimum absolute atomic E-state index is 0.00605. The van der Waals surface area contributed by atoms with Crippen LogP contribution >= 0.6 is 23.6 Å². The molecule has 3 N–H and O–H groups in total. The van der Waals surface area contributed by atoms with Crippen molar-refractivity contribution in [3.8, 4) is 17.2 Å². The first-order valence-corrected chi connectivity index (χ1v) is 9.14. The van der Waals surface area contributed by atoms with Crippen molar-refractivity contribution in [1.82, 2.24) is 9.97 Å². The Bertz CT molecular complexity index is 1140. The lowest BCUT2D eigenvalue weighted by molar-refractivity contribution is 0.0528. The predicted octanol–water partition coefficient (Wildman–Crippen LogP) is 3.70. The lowest BCUT2D eigenvalue weighted by atomic mass is 10.1. The summed E-state index contributed by atoms with van der Waals surface area (Å²) in [5, 5.41) is 11.9. The van der Waals surface area contributed by atoms with Gasteiger partial charge in [-0.15, -0.1) is 11.3 Å². The second-order valence-electron chi connectivity index (χ2n) is 5.39. The molecule has 10 heteroatoms. The third-order valence-corrected chi connectivity index (χ3v) is 4.62. The van der Waals surface area contributed by atoms with Crippen molar-refractivity contribution in [2.24, 2.45) is 4.99 Å². The number of hydrogen-bond acceptors (Lipinski definition) is 8. The predicted molar refractivity (Wildman–Crippen MR) is 104 cm³/mol. The summed E-state index contributed by atoms with van der Waals surface area (Å²) in [5.74, 6) is 0.244. The summed E-state index contributed by atoms with van der Waals surface area (Å²) in [7, 11) is 0. The van der Waals surface area contributed by atoms with E-state index in [2.05, 4.69) is 15.0 Å². The van der Waals surface area contributed by atoms with E-state index in [4.69, 9.17) is 21.4 Å². The number of rotatable bonds is 5. The summed E-state index contributed by atoms with van der Waals surface area (Å²) in [6.45, 7) is 3.70. The van der Waals surface area contributed by atoms with Gasteiger partial charge in [0.25, 0.3) is 5.56 Å². The van der Waals surface area contributed by atoms with E-state index in [-0.39, 0.29) is 22.5 Å². The number of aryl methyl sites for hydroxylation is 1. The SMILES string of the molecule is CCOC(=O)c1c(-c2ccc(C)o2)csc1N=Cc1c(O)[nH]c(=S)[nH]c1=O. The Morgan fingerprint density at radius 3 is 2.85 bits per heavy atom. The Morgan fingerprint density at radius 2 is 2.22 bits per heavy atom. The molecular weight excluding hydrogens is 390 g/mol. The van der Waals surface area contributed by atoms with Crippen molar-refractivity contribution in [2.45, 2.75) is 13.8 Å². The van der Waals surface area contributed by atoms with Gasteiger partial charge in [-0.05, 0) is 38.2 Å². The number of nitrogens with zero attached hydrogens (tertiary/aromatic N) is 1. The number of nitrogens with one attached hydrogen (secondary N) is 2. The molecule has 0 fully saturated rings. The van der Waals surface area contributed by atoms with E-state index in [9.17, 15) is 14.7 Å². The third kappa shape index (κ3) is 3.91. The van der Waals surface area contributed by atoms with Crippen LogP contribution in [0.5, 0.6) is 5.88 Å². The third-order valence-electron chi connectivity index (χ3n) is 3.53. The Morgan fingerprint density at radius 1 is 1.44 bits per heavy atom. The number of ether oxygens (including phenoxy) is 1. The van der Waals surface area contributed by atoms with Crippen molar-refractivity contribution in [2.75, 3.05) is 6.61 Å². The van der Waals surface area contributed by atoms with Crippen LogP contribution in [0.15, 0.2) is 31.7 Å². The monoisotopic (exact) mass is 405 g/mol. The quantitative estimate of drug-likeness (QED) is 0.338. The largest absolute Gasteiger partial charge is 0.494 e. The van der Waals surface area contributed by atoms with Gasteiger partial charge in [-0.25, -0.2) is 9.79 Å². The molecule has 0 saturated carbocycles. The molecule has 3 aromatic rings. The zero-order valence-corrected chi connectivity index (χ0v) is 16.0. The molecule has 3 aromatic heterocycles. The van der Waals surface area contributed by atoms with Crippen molar-refractivity contribution >= 4 is 40.7 Å². The van der Waals surface area contributed by atoms with Crippen LogP contribution in [-0.2, 0) is 4.74 Å². The van der Waals surface area contributed by atoms with Crippen LogP contribution in [0.2, 0.25) is 0 Å². The van der Waals surface area contributed by atoms with E-state index in [1.54, 1.807) is 31.4 Å². The van der Waals surface area contributed by atoms with Gasteiger partial charge in [-0.3, -0.25) is 9.78 Å². The fourth-order valence-corrected chi connectivity index (χ4v) is 3.41. The van der Waals surface area contributed by atoms with Crippen LogP contribution in [0, 0.1) is 11.7 Å². The van der Waals surface area contributed by atoms with E-state index in [1.165, 1.54) is 11.3 Å². The number of furan rings is 1. The second kappa shape index (κ2) is 7.72. The summed E-state index contributed by atoms with van der Waals surface area (Å²) in [6.07, 6.45) is 1.16. The highest BCUT2D eigenvalue weighted by Gasteiger charge is 2.23. The average molecular weight is 405 g/mol. The van der Waals surface area contributed by atoms with Gasteiger partial charge >= 0.3 is 5.97 Å². The molecule has 8 nitrogen and oxygen atoms in total. The van der Waals surface area contributed by atoms with E-state index >= 15 is 0 Å². The molecule has 27 heavy (non-hydrogen) atoms. The summed E-state index contributed by atoms with van der Waals surface area (Å²) < 4.78 is 10.7. The Labute approximate surface area is 162 Å². The Kier molecular flexibility index (Phi) is 5.38. The smallest absolute Gasteiger partial charge is 0.341 e. The summed E-state index contributed by atoms with van der Waals surface area (Å²) in [6, 6.07) is 3.54. The molecule has 3 rings (SSSR count).